The second-order valence-corrected chi connectivity index (χ2v) is 4.35. The first-order valence-electron chi connectivity index (χ1n) is 6.30. The molecule has 18 heavy (non-hydrogen) atoms. The van der Waals surface area contributed by atoms with Crippen LogP contribution in [0.25, 0.3) is 0 Å². The van der Waals surface area contributed by atoms with Crippen LogP contribution >= 0.6 is 0 Å². The summed E-state index contributed by atoms with van der Waals surface area (Å²) < 4.78 is 12.9. The minimum atomic E-state index is -0.185. The summed E-state index contributed by atoms with van der Waals surface area (Å²) in [6.07, 6.45) is 2.27. The topological polar surface area (TPSA) is 41.1 Å². The van der Waals surface area contributed by atoms with E-state index < -0.39 is 0 Å². The Morgan fingerprint density at radius 1 is 1.33 bits per heavy atom. The number of hydrogen-bond donors (Lipinski definition) is 2. The van der Waals surface area contributed by atoms with E-state index in [1.807, 2.05) is 13.0 Å². The summed E-state index contributed by atoms with van der Waals surface area (Å²) in [5.41, 5.74) is 2.15. The number of carbonyl (C=O) groups excluding carboxylic acids is 1. The van der Waals surface area contributed by atoms with Crippen molar-refractivity contribution in [3.63, 3.8) is 0 Å². The summed E-state index contributed by atoms with van der Waals surface area (Å²) in [6.45, 7) is 3.60. The smallest absolute Gasteiger partial charge is 0.219 e. The van der Waals surface area contributed by atoms with Gasteiger partial charge >= 0.3 is 0 Å². The molecule has 0 spiro atoms. The molecule has 1 aromatic rings. The lowest BCUT2D eigenvalue weighted by Crippen LogP contribution is -2.22. The van der Waals surface area contributed by atoms with Crippen LogP contribution < -0.4 is 10.6 Å². The van der Waals surface area contributed by atoms with Gasteiger partial charge in [-0.25, -0.2) is 4.39 Å². The first-order valence-corrected chi connectivity index (χ1v) is 6.30. The third kappa shape index (κ3) is 5.27. The van der Waals surface area contributed by atoms with Crippen molar-refractivity contribution in [2.45, 2.75) is 26.2 Å². The average molecular weight is 252 g/mol. The Balaban J connectivity index is 2.16. The van der Waals surface area contributed by atoms with Crippen molar-refractivity contribution in [1.82, 2.24) is 10.6 Å². The number of amides is 1. The zero-order valence-electron chi connectivity index (χ0n) is 11.1. The summed E-state index contributed by atoms with van der Waals surface area (Å²) in [6, 6.07) is 4.88. The molecule has 0 bridgehead atoms. The van der Waals surface area contributed by atoms with Gasteiger partial charge in [0.1, 0.15) is 5.82 Å². The van der Waals surface area contributed by atoms with Crippen molar-refractivity contribution in [3.05, 3.63) is 35.1 Å². The number of benzene rings is 1. The molecule has 0 atom stereocenters. The summed E-state index contributed by atoms with van der Waals surface area (Å²) >= 11 is 0. The number of halogens is 1. The van der Waals surface area contributed by atoms with Gasteiger partial charge in [0, 0.05) is 13.5 Å². The third-order valence-electron chi connectivity index (χ3n) is 2.91. The Morgan fingerprint density at radius 3 is 2.78 bits per heavy atom. The second-order valence-electron chi connectivity index (χ2n) is 4.35. The zero-order chi connectivity index (χ0) is 13.4. The molecule has 3 nitrogen and oxygen atoms in total. The Bertz CT molecular complexity index is 393. The SMILES string of the molecule is CNC(=O)CCCNCCc1ccc(F)cc1C. The van der Waals surface area contributed by atoms with E-state index in [2.05, 4.69) is 10.6 Å². The van der Waals surface area contributed by atoms with Crippen molar-refractivity contribution >= 4 is 5.91 Å². The molecule has 100 valence electrons. The van der Waals surface area contributed by atoms with Gasteiger partial charge in [-0.3, -0.25) is 4.79 Å². The van der Waals surface area contributed by atoms with Gasteiger partial charge in [0.25, 0.3) is 0 Å². The fraction of sp³-hybridized carbons (Fsp3) is 0.500. The number of hydrogen-bond acceptors (Lipinski definition) is 2. The summed E-state index contributed by atoms with van der Waals surface area (Å²) in [5, 5.41) is 5.87. The first-order chi connectivity index (χ1) is 8.63. The van der Waals surface area contributed by atoms with Crippen LogP contribution in [0.15, 0.2) is 18.2 Å². The molecule has 0 aromatic heterocycles. The third-order valence-corrected chi connectivity index (χ3v) is 2.91. The van der Waals surface area contributed by atoms with Crippen LogP contribution in [0.3, 0.4) is 0 Å². The minimum absolute atomic E-state index is 0.0752. The molecule has 0 heterocycles. The molecular weight excluding hydrogens is 231 g/mol. The number of aryl methyl sites for hydroxylation is 1. The van der Waals surface area contributed by atoms with E-state index >= 15 is 0 Å². The molecule has 1 amide bonds. The van der Waals surface area contributed by atoms with Gasteiger partial charge in [0.05, 0.1) is 0 Å². The molecule has 0 aliphatic carbocycles. The summed E-state index contributed by atoms with van der Waals surface area (Å²) in [4.78, 5) is 11.0. The summed E-state index contributed by atoms with van der Waals surface area (Å²) in [7, 11) is 1.65. The van der Waals surface area contributed by atoms with Crippen molar-refractivity contribution in [1.29, 1.82) is 0 Å². The monoisotopic (exact) mass is 252 g/mol. The van der Waals surface area contributed by atoms with E-state index in [4.69, 9.17) is 0 Å². The molecule has 1 aromatic carbocycles. The van der Waals surface area contributed by atoms with Crippen molar-refractivity contribution in [3.8, 4) is 0 Å². The van der Waals surface area contributed by atoms with E-state index in [9.17, 15) is 9.18 Å². The van der Waals surface area contributed by atoms with Gasteiger partial charge in [-0.1, -0.05) is 6.07 Å². The van der Waals surface area contributed by atoms with Crippen LogP contribution in [0.1, 0.15) is 24.0 Å². The molecule has 0 aliphatic rings. The predicted octanol–water partition coefficient (Wildman–Crippen LogP) is 1.79. The molecule has 0 radical (unpaired) electrons. The van der Waals surface area contributed by atoms with E-state index in [-0.39, 0.29) is 11.7 Å². The first kappa shape index (κ1) is 14.6. The van der Waals surface area contributed by atoms with Crippen LogP contribution in [0.2, 0.25) is 0 Å². The van der Waals surface area contributed by atoms with Gasteiger partial charge in [-0.15, -0.1) is 0 Å². The van der Waals surface area contributed by atoms with E-state index in [1.54, 1.807) is 13.1 Å². The second kappa shape index (κ2) is 7.82. The minimum Gasteiger partial charge on any atom is -0.359 e. The Kier molecular flexibility index (Phi) is 6.36. The molecule has 1 rings (SSSR count). The van der Waals surface area contributed by atoms with Crippen LogP contribution in [-0.2, 0) is 11.2 Å². The fourth-order valence-electron chi connectivity index (χ4n) is 1.79. The molecule has 0 saturated heterocycles. The van der Waals surface area contributed by atoms with Crippen LogP contribution in [0.5, 0.6) is 0 Å². The number of carbonyl (C=O) groups is 1. The van der Waals surface area contributed by atoms with Gasteiger partial charge < -0.3 is 10.6 Å². The quantitative estimate of drug-likeness (QED) is 0.726. The van der Waals surface area contributed by atoms with Crippen molar-refractivity contribution in [2.75, 3.05) is 20.1 Å². The molecule has 2 N–H and O–H groups in total. The van der Waals surface area contributed by atoms with Gasteiger partial charge in [0.15, 0.2) is 0 Å². The van der Waals surface area contributed by atoms with Gasteiger partial charge in [-0.05, 0) is 56.1 Å². The standard InChI is InChI=1S/C14H21FN2O/c1-11-10-13(15)6-5-12(11)7-9-17-8-3-4-14(18)16-2/h5-6,10,17H,3-4,7-9H2,1-2H3,(H,16,18). The Morgan fingerprint density at radius 2 is 2.11 bits per heavy atom. The van der Waals surface area contributed by atoms with Crippen LogP contribution in [0, 0.1) is 12.7 Å². The van der Waals surface area contributed by atoms with Gasteiger partial charge in [0.2, 0.25) is 5.91 Å². The predicted molar refractivity (Wildman–Crippen MR) is 71.0 cm³/mol. The Labute approximate surface area is 108 Å². The van der Waals surface area contributed by atoms with Crippen LogP contribution in [-0.4, -0.2) is 26.0 Å². The van der Waals surface area contributed by atoms with Crippen molar-refractivity contribution in [2.24, 2.45) is 0 Å². The maximum atomic E-state index is 12.9. The lowest BCUT2D eigenvalue weighted by Gasteiger charge is -2.07. The highest BCUT2D eigenvalue weighted by atomic mass is 19.1. The largest absolute Gasteiger partial charge is 0.359 e. The fourth-order valence-corrected chi connectivity index (χ4v) is 1.79. The maximum absolute atomic E-state index is 12.9. The average Bonchev–Trinajstić information content (AvgIpc) is 2.35. The van der Waals surface area contributed by atoms with Crippen LogP contribution in [0.4, 0.5) is 4.39 Å². The summed E-state index contributed by atoms with van der Waals surface area (Å²) in [5.74, 6) is -0.110. The number of rotatable bonds is 7. The molecule has 0 aliphatic heterocycles. The highest BCUT2D eigenvalue weighted by Gasteiger charge is 2.00. The van der Waals surface area contributed by atoms with E-state index in [0.29, 0.717) is 6.42 Å². The zero-order valence-corrected chi connectivity index (χ0v) is 11.1. The van der Waals surface area contributed by atoms with E-state index in [0.717, 1.165) is 37.1 Å². The molecule has 0 fully saturated rings. The highest BCUT2D eigenvalue weighted by Crippen LogP contribution is 2.10. The van der Waals surface area contributed by atoms with Gasteiger partial charge in [-0.2, -0.15) is 0 Å². The molecular formula is C14H21FN2O. The maximum Gasteiger partial charge on any atom is 0.219 e. The molecule has 4 heteroatoms. The normalized spacial score (nSPS) is 10.4. The van der Waals surface area contributed by atoms with E-state index in [1.165, 1.54) is 6.07 Å². The highest BCUT2D eigenvalue weighted by molar-refractivity contribution is 5.75. The lowest BCUT2D eigenvalue weighted by molar-refractivity contribution is -0.120. The molecule has 0 saturated carbocycles. The Hall–Kier alpha value is -1.42. The number of nitrogens with one attached hydrogen (secondary N) is 2. The lowest BCUT2D eigenvalue weighted by atomic mass is 10.1. The molecule has 0 unspecified atom stereocenters. The van der Waals surface area contributed by atoms with Crippen molar-refractivity contribution < 1.29 is 9.18 Å².